The number of carboxylic acids is 1. The van der Waals surface area contributed by atoms with E-state index in [0.717, 1.165) is 0 Å². The summed E-state index contributed by atoms with van der Waals surface area (Å²) in [5, 5.41) is 12.4. The van der Waals surface area contributed by atoms with Crippen LogP contribution in [0.3, 0.4) is 0 Å². The Bertz CT molecular complexity index is 676. The lowest BCUT2D eigenvalue weighted by molar-refractivity contribution is -0.154. The van der Waals surface area contributed by atoms with Crippen molar-refractivity contribution in [2.75, 3.05) is 6.54 Å². The van der Waals surface area contributed by atoms with Gasteiger partial charge in [-0.1, -0.05) is 13.8 Å². The molecule has 1 heterocycles. The second-order valence-electron chi connectivity index (χ2n) is 10.8. The highest BCUT2D eigenvalue weighted by molar-refractivity contribution is 5.91. The van der Waals surface area contributed by atoms with Crippen LogP contribution in [0.4, 0.5) is 4.79 Å². The summed E-state index contributed by atoms with van der Waals surface area (Å²) >= 11 is 0. The van der Waals surface area contributed by atoms with Crippen molar-refractivity contribution >= 4 is 18.0 Å². The quantitative estimate of drug-likeness (QED) is 0.719. The van der Waals surface area contributed by atoms with Crippen LogP contribution in [0.5, 0.6) is 0 Å². The number of piperidine rings is 1. The second kappa shape index (κ2) is 7.45. The molecular formula is C21H36N2O6. The van der Waals surface area contributed by atoms with Gasteiger partial charge < -0.3 is 24.8 Å². The third-order valence-corrected chi connectivity index (χ3v) is 5.69. The Morgan fingerprint density at radius 3 is 2.10 bits per heavy atom. The van der Waals surface area contributed by atoms with Crippen molar-refractivity contribution in [1.82, 2.24) is 10.2 Å². The molecule has 8 nitrogen and oxygen atoms in total. The molecule has 2 fully saturated rings. The number of hydrogen-bond donors (Lipinski definition) is 2. The fourth-order valence-electron chi connectivity index (χ4n) is 4.41. The number of carbonyl (C=O) groups excluding carboxylic acids is 2. The number of aliphatic carboxylic acids is 1. The number of fused-ring (bicyclic) bond motifs is 1. The molecule has 0 aromatic heterocycles. The number of alkyl carbamates (subject to hydrolysis) is 1. The van der Waals surface area contributed by atoms with Crippen molar-refractivity contribution in [3.63, 3.8) is 0 Å². The first kappa shape index (κ1) is 23.4. The Kier molecular flexibility index (Phi) is 6.03. The maximum absolute atomic E-state index is 13.4. The molecule has 166 valence electrons. The van der Waals surface area contributed by atoms with Crippen molar-refractivity contribution in [3.8, 4) is 0 Å². The van der Waals surface area contributed by atoms with Gasteiger partial charge in [-0.05, 0) is 59.8 Å². The van der Waals surface area contributed by atoms with E-state index < -0.39 is 47.4 Å². The third-order valence-electron chi connectivity index (χ3n) is 5.69. The van der Waals surface area contributed by atoms with E-state index in [2.05, 4.69) is 5.32 Å². The standard InChI is InChI=1S/C21H36N2O6/c1-11(28-19(2,3)4)14(22-18(27)29-20(5,6)7)16(24)23-10-12-13(21(12,8)9)15(23)17(25)26/h11-15H,10H2,1-9H3,(H,22,27)(H,25,26)/t11?,12-,13-,14?,15-/m0/s1. The van der Waals surface area contributed by atoms with Crippen LogP contribution in [0.25, 0.3) is 0 Å². The minimum atomic E-state index is -1.05. The van der Waals surface area contributed by atoms with E-state index in [4.69, 9.17) is 9.47 Å². The number of rotatable bonds is 5. The molecule has 0 aromatic carbocycles. The predicted molar refractivity (Wildman–Crippen MR) is 107 cm³/mol. The van der Waals surface area contributed by atoms with Crippen LogP contribution >= 0.6 is 0 Å². The van der Waals surface area contributed by atoms with Gasteiger partial charge in [0.1, 0.15) is 17.7 Å². The molecule has 1 aliphatic carbocycles. The zero-order valence-corrected chi connectivity index (χ0v) is 19.0. The van der Waals surface area contributed by atoms with E-state index >= 15 is 0 Å². The Balaban J connectivity index is 2.24. The summed E-state index contributed by atoms with van der Waals surface area (Å²) in [5.41, 5.74) is -1.37. The van der Waals surface area contributed by atoms with Gasteiger partial charge in [-0.25, -0.2) is 9.59 Å². The lowest BCUT2D eigenvalue weighted by atomic mass is 9.99. The number of carboxylic acid groups (broad SMARTS) is 1. The van der Waals surface area contributed by atoms with Gasteiger partial charge in [0, 0.05) is 12.5 Å². The highest BCUT2D eigenvalue weighted by atomic mass is 16.6. The second-order valence-corrected chi connectivity index (χ2v) is 10.8. The summed E-state index contributed by atoms with van der Waals surface area (Å²) in [6, 6.07) is -1.95. The fraction of sp³-hybridized carbons (Fsp3) is 0.857. The van der Waals surface area contributed by atoms with Crippen LogP contribution < -0.4 is 5.32 Å². The van der Waals surface area contributed by atoms with E-state index in [-0.39, 0.29) is 17.3 Å². The van der Waals surface area contributed by atoms with Gasteiger partial charge in [-0.2, -0.15) is 0 Å². The molecular weight excluding hydrogens is 376 g/mol. The van der Waals surface area contributed by atoms with Crippen molar-refractivity contribution < 1.29 is 29.0 Å². The largest absolute Gasteiger partial charge is 0.480 e. The number of nitrogens with one attached hydrogen (secondary N) is 1. The van der Waals surface area contributed by atoms with Gasteiger partial charge >= 0.3 is 12.1 Å². The Morgan fingerprint density at radius 1 is 1.10 bits per heavy atom. The van der Waals surface area contributed by atoms with E-state index in [1.165, 1.54) is 4.90 Å². The number of likely N-dealkylation sites (tertiary alicyclic amines) is 1. The SMILES string of the molecule is CC(OC(C)(C)C)C(NC(=O)OC(C)(C)C)C(=O)N1C[C@H]2[C@@H]([C@H]1C(=O)O)C2(C)C. The molecule has 0 aromatic rings. The smallest absolute Gasteiger partial charge is 0.408 e. The molecule has 5 atom stereocenters. The number of amides is 2. The van der Waals surface area contributed by atoms with Crippen LogP contribution in [-0.2, 0) is 19.1 Å². The summed E-state index contributed by atoms with van der Waals surface area (Å²) in [4.78, 5) is 39.1. The maximum atomic E-state index is 13.4. The van der Waals surface area contributed by atoms with Gasteiger partial charge in [0.2, 0.25) is 5.91 Å². The Morgan fingerprint density at radius 2 is 1.66 bits per heavy atom. The molecule has 1 saturated heterocycles. The summed E-state index contributed by atoms with van der Waals surface area (Å²) in [6.45, 7) is 16.9. The minimum Gasteiger partial charge on any atom is -0.480 e. The van der Waals surface area contributed by atoms with Crippen molar-refractivity contribution in [2.24, 2.45) is 17.3 Å². The van der Waals surface area contributed by atoms with E-state index in [1.54, 1.807) is 27.7 Å². The fourth-order valence-corrected chi connectivity index (χ4v) is 4.41. The van der Waals surface area contributed by atoms with Crippen molar-refractivity contribution in [3.05, 3.63) is 0 Å². The summed E-state index contributed by atoms with van der Waals surface area (Å²) in [6.07, 6.45) is -1.41. The van der Waals surface area contributed by atoms with E-state index in [9.17, 15) is 19.5 Å². The average Bonchev–Trinajstić information content (AvgIpc) is 2.88. The van der Waals surface area contributed by atoms with Gasteiger partial charge in [0.05, 0.1) is 11.7 Å². The molecule has 29 heavy (non-hydrogen) atoms. The molecule has 2 rings (SSSR count). The first-order valence-corrected chi connectivity index (χ1v) is 10.2. The highest BCUT2D eigenvalue weighted by Crippen LogP contribution is 2.64. The number of ether oxygens (including phenoxy) is 2. The monoisotopic (exact) mass is 412 g/mol. The highest BCUT2D eigenvalue weighted by Gasteiger charge is 2.70. The number of hydrogen-bond acceptors (Lipinski definition) is 5. The predicted octanol–water partition coefficient (Wildman–Crippen LogP) is 2.65. The summed E-state index contributed by atoms with van der Waals surface area (Å²) in [5.74, 6) is -1.40. The van der Waals surface area contributed by atoms with Crippen LogP contribution in [0.1, 0.15) is 62.3 Å². The molecule has 0 bridgehead atoms. The molecule has 8 heteroatoms. The summed E-state index contributed by atoms with van der Waals surface area (Å²) < 4.78 is 11.2. The Labute approximate surface area is 173 Å². The van der Waals surface area contributed by atoms with Crippen molar-refractivity contribution in [1.29, 1.82) is 0 Å². The lowest BCUT2D eigenvalue weighted by Gasteiger charge is -2.36. The zero-order chi connectivity index (χ0) is 22.5. The first-order valence-electron chi connectivity index (χ1n) is 10.2. The first-order chi connectivity index (χ1) is 13.0. The minimum absolute atomic E-state index is 0.0787. The Hall–Kier alpha value is -1.83. The third kappa shape index (κ3) is 5.21. The van der Waals surface area contributed by atoms with Gasteiger partial charge in [0.15, 0.2) is 0 Å². The van der Waals surface area contributed by atoms with Gasteiger partial charge in [-0.3, -0.25) is 4.79 Å². The molecule has 0 radical (unpaired) electrons. The normalized spacial score (nSPS) is 27.6. The molecule has 2 N–H and O–H groups in total. The molecule has 2 aliphatic rings. The molecule has 2 unspecified atom stereocenters. The molecule has 0 spiro atoms. The van der Waals surface area contributed by atoms with Crippen LogP contribution in [0.15, 0.2) is 0 Å². The molecule has 2 amide bonds. The number of carbonyl (C=O) groups is 3. The van der Waals surface area contributed by atoms with Crippen LogP contribution in [0.2, 0.25) is 0 Å². The van der Waals surface area contributed by atoms with Crippen molar-refractivity contribution in [2.45, 2.75) is 91.7 Å². The van der Waals surface area contributed by atoms with E-state index in [0.29, 0.717) is 6.54 Å². The van der Waals surface area contributed by atoms with Gasteiger partial charge in [-0.15, -0.1) is 0 Å². The topological polar surface area (TPSA) is 105 Å². The molecule has 1 saturated carbocycles. The van der Waals surface area contributed by atoms with E-state index in [1.807, 2.05) is 34.6 Å². The summed E-state index contributed by atoms with van der Waals surface area (Å²) in [7, 11) is 0. The van der Waals surface area contributed by atoms with Crippen LogP contribution in [0, 0.1) is 17.3 Å². The molecule has 1 aliphatic heterocycles. The number of nitrogens with zero attached hydrogens (tertiary/aromatic N) is 1. The lowest BCUT2D eigenvalue weighted by Crippen LogP contribution is -2.59. The average molecular weight is 413 g/mol. The van der Waals surface area contributed by atoms with Crippen LogP contribution in [-0.4, -0.2) is 63.9 Å². The van der Waals surface area contributed by atoms with Gasteiger partial charge in [0.25, 0.3) is 0 Å². The zero-order valence-electron chi connectivity index (χ0n) is 19.0. The maximum Gasteiger partial charge on any atom is 0.408 e.